The highest BCUT2D eigenvalue weighted by atomic mass is 19.4. The predicted octanol–water partition coefficient (Wildman–Crippen LogP) is 4.39. The molecule has 1 aliphatic rings. The Morgan fingerprint density at radius 1 is 1.22 bits per heavy atom. The average molecular weight is 380 g/mol. The van der Waals surface area contributed by atoms with E-state index in [9.17, 15) is 28.1 Å². The van der Waals surface area contributed by atoms with Crippen molar-refractivity contribution in [1.82, 2.24) is 0 Å². The van der Waals surface area contributed by atoms with Gasteiger partial charge < -0.3 is 9.64 Å². The lowest BCUT2D eigenvalue weighted by molar-refractivity contribution is -0.384. The van der Waals surface area contributed by atoms with Gasteiger partial charge in [-0.05, 0) is 49.1 Å². The largest absolute Gasteiger partial charge is 0.573 e. The highest BCUT2D eigenvalue weighted by molar-refractivity contribution is 6.08. The van der Waals surface area contributed by atoms with E-state index in [0.29, 0.717) is 36.2 Å². The van der Waals surface area contributed by atoms with E-state index in [-0.39, 0.29) is 17.0 Å². The smallest absolute Gasteiger partial charge is 0.406 e. The molecule has 27 heavy (non-hydrogen) atoms. The van der Waals surface area contributed by atoms with Crippen LogP contribution >= 0.6 is 0 Å². The van der Waals surface area contributed by atoms with Crippen molar-refractivity contribution in [1.29, 1.82) is 0 Å². The number of nitrogens with zero attached hydrogens (tertiary/aromatic N) is 2. The Balaban J connectivity index is 1.95. The number of ether oxygens (including phenoxy) is 1. The van der Waals surface area contributed by atoms with E-state index in [1.165, 1.54) is 35.2 Å². The molecule has 9 heteroatoms. The minimum Gasteiger partial charge on any atom is -0.406 e. The summed E-state index contributed by atoms with van der Waals surface area (Å²) in [6.07, 6.45) is -3.73. The summed E-state index contributed by atoms with van der Waals surface area (Å²) in [5.41, 5.74) is 1.60. The molecule has 0 aromatic heterocycles. The molecule has 0 atom stereocenters. The van der Waals surface area contributed by atoms with E-state index in [0.717, 1.165) is 6.07 Å². The van der Waals surface area contributed by atoms with Gasteiger partial charge in [0.05, 0.1) is 4.92 Å². The van der Waals surface area contributed by atoms with Crippen molar-refractivity contribution in [3.05, 3.63) is 63.2 Å². The predicted molar refractivity (Wildman–Crippen MR) is 91.0 cm³/mol. The van der Waals surface area contributed by atoms with Crippen LogP contribution in [0.25, 0.3) is 0 Å². The Morgan fingerprint density at radius 2 is 1.96 bits per heavy atom. The summed E-state index contributed by atoms with van der Waals surface area (Å²) in [4.78, 5) is 24.8. The first-order valence-corrected chi connectivity index (χ1v) is 8.11. The van der Waals surface area contributed by atoms with Crippen molar-refractivity contribution in [2.45, 2.75) is 26.1 Å². The first-order valence-electron chi connectivity index (χ1n) is 8.11. The second kappa shape index (κ2) is 6.90. The first-order chi connectivity index (χ1) is 12.7. The zero-order chi connectivity index (χ0) is 19.8. The van der Waals surface area contributed by atoms with Crippen LogP contribution in [-0.4, -0.2) is 23.7 Å². The molecule has 0 saturated carbocycles. The Bertz CT molecular complexity index is 912. The Hall–Kier alpha value is -3.10. The summed E-state index contributed by atoms with van der Waals surface area (Å²) in [6, 6.07) is 7.85. The number of non-ortho nitro benzene ring substituents is 1. The molecule has 0 fully saturated rings. The molecule has 1 aliphatic heterocycles. The number of nitro benzene ring substituents is 1. The summed E-state index contributed by atoms with van der Waals surface area (Å²) in [7, 11) is 0. The van der Waals surface area contributed by atoms with Gasteiger partial charge in [0.25, 0.3) is 11.6 Å². The fourth-order valence-corrected chi connectivity index (χ4v) is 3.08. The van der Waals surface area contributed by atoms with Crippen LogP contribution in [0.2, 0.25) is 0 Å². The van der Waals surface area contributed by atoms with Gasteiger partial charge in [0.2, 0.25) is 0 Å². The van der Waals surface area contributed by atoms with Crippen LogP contribution in [0.15, 0.2) is 36.4 Å². The third-order valence-electron chi connectivity index (χ3n) is 4.31. The highest BCUT2D eigenvalue weighted by Crippen LogP contribution is 2.34. The normalized spacial score (nSPS) is 13.9. The summed E-state index contributed by atoms with van der Waals surface area (Å²) < 4.78 is 41.1. The van der Waals surface area contributed by atoms with Crippen molar-refractivity contribution in [2.24, 2.45) is 0 Å². The maximum absolute atomic E-state index is 13.0. The van der Waals surface area contributed by atoms with Crippen LogP contribution in [-0.2, 0) is 6.42 Å². The van der Waals surface area contributed by atoms with E-state index < -0.39 is 17.2 Å². The number of anilines is 1. The minimum atomic E-state index is -4.79. The van der Waals surface area contributed by atoms with E-state index in [1.807, 2.05) is 0 Å². The second-order valence-corrected chi connectivity index (χ2v) is 6.15. The van der Waals surface area contributed by atoms with Gasteiger partial charge in [-0.25, -0.2) is 0 Å². The number of alkyl halides is 3. The third-order valence-corrected chi connectivity index (χ3v) is 4.31. The number of halogens is 3. The highest BCUT2D eigenvalue weighted by Gasteiger charge is 2.32. The van der Waals surface area contributed by atoms with Crippen LogP contribution in [0, 0.1) is 17.0 Å². The fourth-order valence-electron chi connectivity index (χ4n) is 3.08. The third kappa shape index (κ3) is 4.02. The minimum absolute atomic E-state index is 0.188. The van der Waals surface area contributed by atoms with Gasteiger partial charge in [-0.2, -0.15) is 0 Å². The van der Waals surface area contributed by atoms with Gasteiger partial charge >= 0.3 is 6.36 Å². The molecule has 0 radical (unpaired) electrons. The Labute approximate surface area is 152 Å². The topological polar surface area (TPSA) is 72.7 Å². The molecule has 0 spiro atoms. The number of aryl methyl sites for hydroxylation is 2. The van der Waals surface area contributed by atoms with Gasteiger partial charge in [0.1, 0.15) is 5.75 Å². The fraction of sp³-hybridized carbons (Fsp3) is 0.278. The van der Waals surface area contributed by atoms with Crippen LogP contribution < -0.4 is 9.64 Å². The summed E-state index contributed by atoms with van der Waals surface area (Å²) >= 11 is 0. The second-order valence-electron chi connectivity index (χ2n) is 6.15. The summed E-state index contributed by atoms with van der Waals surface area (Å²) in [6.45, 7) is 2.04. The van der Waals surface area contributed by atoms with Gasteiger partial charge in [-0.3, -0.25) is 14.9 Å². The number of amides is 1. The molecule has 2 aromatic carbocycles. The standard InChI is InChI=1S/C18H15F3N2O4/c1-11-4-5-13(23(25)26)10-15(11)17(24)22-8-2-3-12-9-14(6-7-16(12)22)27-18(19,20)21/h4-7,9-10H,2-3,8H2,1H3. The molecule has 0 bridgehead atoms. The van der Waals surface area contributed by atoms with Gasteiger partial charge in [0.15, 0.2) is 0 Å². The Kier molecular flexibility index (Phi) is 4.77. The number of rotatable bonds is 3. The average Bonchev–Trinajstić information content (AvgIpc) is 2.59. The lowest BCUT2D eigenvalue weighted by Crippen LogP contribution is -2.36. The number of benzene rings is 2. The van der Waals surface area contributed by atoms with Gasteiger partial charge in [0, 0.05) is 29.9 Å². The molecule has 3 rings (SSSR count). The number of carbonyl (C=O) groups excluding carboxylic acids is 1. The molecule has 0 aliphatic carbocycles. The summed E-state index contributed by atoms with van der Waals surface area (Å²) in [5.74, 6) is -0.774. The SMILES string of the molecule is Cc1ccc([N+](=O)[O-])cc1C(=O)N1CCCc2cc(OC(F)(F)F)ccc21. The molecule has 0 N–H and O–H groups in total. The van der Waals surface area contributed by atoms with Crippen molar-refractivity contribution in [3.8, 4) is 5.75 Å². The number of carbonyl (C=O) groups is 1. The summed E-state index contributed by atoms with van der Waals surface area (Å²) in [5, 5.41) is 11.0. The molecule has 2 aromatic rings. The van der Waals surface area contributed by atoms with Gasteiger partial charge in [-0.1, -0.05) is 6.07 Å². The molecular weight excluding hydrogens is 365 g/mol. The lowest BCUT2D eigenvalue weighted by Gasteiger charge is -2.30. The maximum Gasteiger partial charge on any atom is 0.573 e. The van der Waals surface area contributed by atoms with Crippen molar-refractivity contribution in [2.75, 3.05) is 11.4 Å². The van der Waals surface area contributed by atoms with Crippen LogP contribution in [0.3, 0.4) is 0 Å². The molecule has 0 unspecified atom stereocenters. The number of nitro groups is 1. The molecule has 6 nitrogen and oxygen atoms in total. The van der Waals surface area contributed by atoms with E-state index in [1.54, 1.807) is 6.92 Å². The zero-order valence-electron chi connectivity index (χ0n) is 14.2. The monoisotopic (exact) mass is 380 g/mol. The zero-order valence-corrected chi connectivity index (χ0v) is 14.2. The number of hydrogen-bond donors (Lipinski definition) is 0. The number of fused-ring (bicyclic) bond motifs is 1. The first kappa shape index (κ1) is 18.7. The maximum atomic E-state index is 13.0. The van der Waals surface area contributed by atoms with Crippen molar-refractivity contribution < 1.29 is 27.6 Å². The van der Waals surface area contributed by atoms with Crippen molar-refractivity contribution >= 4 is 17.3 Å². The van der Waals surface area contributed by atoms with E-state index >= 15 is 0 Å². The van der Waals surface area contributed by atoms with Crippen LogP contribution in [0.4, 0.5) is 24.5 Å². The lowest BCUT2D eigenvalue weighted by atomic mass is 9.99. The molecule has 142 valence electrons. The van der Waals surface area contributed by atoms with Crippen molar-refractivity contribution in [3.63, 3.8) is 0 Å². The van der Waals surface area contributed by atoms with Crippen LogP contribution in [0.5, 0.6) is 5.75 Å². The molecule has 1 amide bonds. The molecule has 1 heterocycles. The van der Waals surface area contributed by atoms with Gasteiger partial charge in [-0.15, -0.1) is 13.2 Å². The molecular formula is C18H15F3N2O4. The molecule has 0 saturated heterocycles. The quantitative estimate of drug-likeness (QED) is 0.585. The van der Waals surface area contributed by atoms with E-state index in [2.05, 4.69) is 4.74 Å². The Morgan fingerprint density at radius 3 is 2.63 bits per heavy atom. The van der Waals surface area contributed by atoms with E-state index in [4.69, 9.17) is 0 Å². The van der Waals surface area contributed by atoms with Crippen LogP contribution in [0.1, 0.15) is 27.9 Å². The number of hydrogen-bond acceptors (Lipinski definition) is 4.